The molecule has 0 aliphatic rings. The van der Waals surface area contributed by atoms with E-state index in [1.807, 2.05) is 38.1 Å². The van der Waals surface area contributed by atoms with Crippen molar-refractivity contribution in [3.63, 3.8) is 0 Å². The van der Waals surface area contributed by atoms with Gasteiger partial charge in [0.25, 0.3) is 0 Å². The number of nitrogens with zero attached hydrogens (tertiary/aromatic N) is 1. The highest BCUT2D eigenvalue weighted by Gasteiger charge is 2.14. The average molecular weight is 290 g/mol. The highest BCUT2D eigenvalue weighted by molar-refractivity contribution is 9.10. The molecule has 1 aromatic carbocycles. The van der Waals surface area contributed by atoms with Crippen LogP contribution in [0.1, 0.15) is 27.0 Å². The number of carbonyl (C=O) groups is 1. The lowest BCUT2D eigenvalue weighted by molar-refractivity contribution is 0.103. The third kappa shape index (κ3) is 2.44. The first-order valence-corrected chi connectivity index (χ1v) is 6.10. The predicted molar refractivity (Wildman–Crippen MR) is 71.3 cm³/mol. The molecule has 1 heterocycles. The van der Waals surface area contributed by atoms with Crippen LogP contribution < -0.4 is 0 Å². The Bertz CT molecular complexity index is 578. The third-order valence-corrected chi connectivity index (χ3v) is 3.34. The molecule has 0 saturated carbocycles. The van der Waals surface area contributed by atoms with E-state index in [2.05, 4.69) is 20.9 Å². The molecule has 0 unspecified atom stereocenters. The van der Waals surface area contributed by atoms with Crippen LogP contribution >= 0.6 is 15.9 Å². The summed E-state index contributed by atoms with van der Waals surface area (Å²) in [6.45, 7) is 3.89. The number of ketones is 1. The topological polar surface area (TPSA) is 30.0 Å². The van der Waals surface area contributed by atoms with Crippen LogP contribution in [0.5, 0.6) is 0 Å². The summed E-state index contributed by atoms with van der Waals surface area (Å²) < 4.78 is 0.816. The molecule has 1 aromatic heterocycles. The molecule has 17 heavy (non-hydrogen) atoms. The molecular weight excluding hydrogens is 278 g/mol. The number of benzene rings is 1. The van der Waals surface area contributed by atoms with Crippen molar-refractivity contribution in [2.75, 3.05) is 0 Å². The van der Waals surface area contributed by atoms with Crippen LogP contribution in [0.3, 0.4) is 0 Å². The number of halogens is 1. The summed E-state index contributed by atoms with van der Waals surface area (Å²) in [7, 11) is 0. The summed E-state index contributed by atoms with van der Waals surface area (Å²) >= 11 is 3.41. The first-order chi connectivity index (χ1) is 8.09. The van der Waals surface area contributed by atoms with Crippen molar-refractivity contribution in [3.05, 3.63) is 63.4 Å². The minimum Gasteiger partial charge on any atom is -0.288 e. The van der Waals surface area contributed by atoms with Crippen molar-refractivity contribution in [2.24, 2.45) is 0 Å². The second kappa shape index (κ2) is 4.80. The maximum Gasteiger partial charge on any atom is 0.195 e. The van der Waals surface area contributed by atoms with E-state index in [0.29, 0.717) is 11.1 Å². The Morgan fingerprint density at radius 2 is 1.94 bits per heavy atom. The van der Waals surface area contributed by atoms with Crippen LogP contribution in [0, 0.1) is 13.8 Å². The van der Waals surface area contributed by atoms with Crippen LogP contribution in [0.4, 0.5) is 0 Å². The summed E-state index contributed by atoms with van der Waals surface area (Å²) in [5, 5.41) is 0. The van der Waals surface area contributed by atoms with Crippen molar-refractivity contribution in [1.82, 2.24) is 4.98 Å². The van der Waals surface area contributed by atoms with Crippen molar-refractivity contribution >= 4 is 21.7 Å². The minimum atomic E-state index is 0.00572. The van der Waals surface area contributed by atoms with Gasteiger partial charge in [-0.3, -0.25) is 9.78 Å². The van der Waals surface area contributed by atoms with Crippen LogP contribution in [0.15, 0.2) is 41.1 Å². The Labute approximate surface area is 109 Å². The lowest BCUT2D eigenvalue weighted by atomic mass is 10.00. The van der Waals surface area contributed by atoms with Gasteiger partial charge in [-0.1, -0.05) is 27.6 Å². The number of hydrogen-bond donors (Lipinski definition) is 0. The zero-order valence-corrected chi connectivity index (χ0v) is 11.3. The molecule has 2 nitrogen and oxygen atoms in total. The normalized spacial score (nSPS) is 10.3. The van der Waals surface area contributed by atoms with E-state index in [0.717, 1.165) is 15.6 Å². The summed E-state index contributed by atoms with van der Waals surface area (Å²) in [6.07, 6.45) is 3.31. The van der Waals surface area contributed by atoms with Crippen LogP contribution in [-0.4, -0.2) is 10.8 Å². The first kappa shape index (κ1) is 12.0. The number of aromatic nitrogens is 1. The average Bonchev–Trinajstić information content (AvgIpc) is 2.32. The molecule has 0 bridgehead atoms. The van der Waals surface area contributed by atoms with Gasteiger partial charge in [0, 0.05) is 28.0 Å². The molecule has 0 aliphatic carbocycles. The summed E-state index contributed by atoms with van der Waals surface area (Å²) in [4.78, 5) is 16.4. The van der Waals surface area contributed by atoms with Gasteiger partial charge in [0.2, 0.25) is 0 Å². The van der Waals surface area contributed by atoms with E-state index < -0.39 is 0 Å². The van der Waals surface area contributed by atoms with Crippen molar-refractivity contribution in [3.8, 4) is 0 Å². The SMILES string of the molecule is Cc1ccc(Br)c(C(=O)c2cnccc2C)c1. The molecule has 0 aliphatic heterocycles. The highest BCUT2D eigenvalue weighted by Crippen LogP contribution is 2.22. The van der Waals surface area contributed by atoms with E-state index in [9.17, 15) is 4.79 Å². The van der Waals surface area contributed by atoms with Gasteiger partial charge < -0.3 is 0 Å². The molecular formula is C14H12BrNO. The van der Waals surface area contributed by atoms with Gasteiger partial charge in [0.15, 0.2) is 5.78 Å². The Balaban J connectivity index is 2.51. The molecule has 0 atom stereocenters. The largest absolute Gasteiger partial charge is 0.288 e. The Morgan fingerprint density at radius 3 is 2.65 bits per heavy atom. The fraction of sp³-hybridized carbons (Fsp3) is 0.143. The van der Waals surface area contributed by atoms with Crippen molar-refractivity contribution in [2.45, 2.75) is 13.8 Å². The second-order valence-corrected chi connectivity index (χ2v) is 4.86. The maximum absolute atomic E-state index is 12.4. The molecule has 2 aromatic rings. The summed E-state index contributed by atoms with van der Waals surface area (Å²) in [6, 6.07) is 7.60. The first-order valence-electron chi connectivity index (χ1n) is 5.31. The zero-order chi connectivity index (χ0) is 12.4. The van der Waals surface area contributed by atoms with Gasteiger partial charge in [-0.25, -0.2) is 0 Å². The van der Waals surface area contributed by atoms with E-state index >= 15 is 0 Å². The predicted octanol–water partition coefficient (Wildman–Crippen LogP) is 3.69. The van der Waals surface area contributed by atoms with Crippen LogP contribution in [-0.2, 0) is 0 Å². The summed E-state index contributed by atoms with van der Waals surface area (Å²) in [5.41, 5.74) is 3.34. The van der Waals surface area contributed by atoms with E-state index in [-0.39, 0.29) is 5.78 Å². The molecule has 0 amide bonds. The van der Waals surface area contributed by atoms with E-state index in [1.165, 1.54) is 0 Å². The molecule has 0 spiro atoms. The quantitative estimate of drug-likeness (QED) is 0.789. The molecule has 0 N–H and O–H groups in total. The lowest BCUT2D eigenvalue weighted by Crippen LogP contribution is -2.05. The van der Waals surface area contributed by atoms with Crippen LogP contribution in [0.25, 0.3) is 0 Å². The molecule has 2 rings (SSSR count). The highest BCUT2D eigenvalue weighted by atomic mass is 79.9. The van der Waals surface area contributed by atoms with E-state index in [1.54, 1.807) is 12.4 Å². The maximum atomic E-state index is 12.4. The smallest absolute Gasteiger partial charge is 0.195 e. The molecule has 0 fully saturated rings. The Kier molecular flexibility index (Phi) is 3.38. The molecule has 3 heteroatoms. The molecule has 0 radical (unpaired) electrons. The van der Waals surface area contributed by atoms with Gasteiger partial charge in [0.1, 0.15) is 0 Å². The van der Waals surface area contributed by atoms with Gasteiger partial charge in [0.05, 0.1) is 0 Å². The zero-order valence-electron chi connectivity index (χ0n) is 9.70. The Morgan fingerprint density at radius 1 is 1.18 bits per heavy atom. The van der Waals surface area contributed by atoms with E-state index in [4.69, 9.17) is 0 Å². The molecule has 0 saturated heterocycles. The van der Waals surface area contributed by atoms with Gasteiger partial charge in [-0.15, -0.1) is 0 Å². The van der Waals surface area contributed by atoms with Gasteiger partial charge >= 0.3 is 0 Å². The van der Waals surface area contributed by atoms with Crippen LogP contribution in [0.2, 0.25) is 0 Å². The van der Waals surface area contributed by atoms with Gasteiger partial charge in [-0.05, 0) is 37.6 Å². The third-order valence-electron chi connectivity index (χ3n) is 2.65. The monoisotopic (exact) mass is 289 g/mol. The number of carbonyl (C=O) groups excluding carboxylic acids is 1. The second-order valence-electron chi connectivity index (χ2n) is 4.00. The molecule has 86 valence electrons. The fourth-order valence-electron chi connectivity index (χ4n) is 1.66. The van der Waals surface area contributed by atoms with Crippen molar-refractivity contribution < 1.29 is 4.79 Å². The number of hydrogen-bond acceptors (Lipinski definition) is 2. The lowest BCUT2D eigenvalue weighted by Gasteiger charge is -2.07. The summed E-state index contributed by atoms with van der Waals surface area (Å²) in [5.74, 6) is 0.00572. The van der Waals surface area contributed by atoms with Crippen molar-refractivity contribution in [1.29, 1.82) is 0 Å². The number of pyridine rings is 1. The Hall–Kier alpha value is -1.48. The minimum absolute atomic E-state index is 0.00572. The standard InChI is InChI=1S/C14H12BrNO/c1-9-3-4-13(15)11(7-9)14(17)12-8-16-6-5-10(12)2/h3-8H,1-2H3. The fourth-order valence-corrected chi connectivity index (χ4v) is 2.09. The number of rotatable bonds is 2. The number of aryl methyl sites for hydroxylation is 2. The van der Waals surface area contributed by atoms with Gasteiger partial charge in [-0.2, -0.15) is 0 Å².